The number of hydrogen-bond acceptors (Lipinski definition) is 4. The minimum Gasteiger partial charge on any atom is -0.296 e. The van der Waals surface area contributed by atoms with Gasteiger partial charge in [0.2, 0.25) is 0 Å². The first kappa shape index (κ1) is 11.0. The molecule has 0 spiro atoms. The van der Waals surface area contributed by atoms with E-state index >= 15 is 0 Å². The number of nitrogens with one attached hydrogen (secondary N) is 1. The molecule has 2 rings (SSSR count). The number of benzene rings is 1. The van der Waals surface area contributed by atoms with E-state index < -0.39 is 4.92 Å². The smallest absolute Gasteiger partial charge is 0.269 e. The molecule has 0 saturated carbocycles. The Kier molecular flexibility index (Phi) is 2.70. The van der Waals surface area contributed by atoms with Crippen molar-refractivity contribution in [3.05, 3.63) is 45.8 Å². The van der Waals surface area contributed by atoms with Crippen molar-refractivity contribution in [3.63, 3.8) is 0 Å². The van der Waals surface area contributed by atoms with Crippen molar-refractivity contribution in [2.24, 2.45) is 0 Å². The molecule has 6 nitrogen and oxygen atoms in total. The first-order chi connectivity index (χ1) is 8.13. The van der Waals surface area contributed by atoms with Crippen molar-refractivity contribution in [2.45, 2.75) is 6.92 Å². The Bertz CT molecular complexity index is 572. The number of carbonyl (C=O) groups is 1. The van der Waals surface area contributed by atoms with Gasteiger partial charge in [0.15, 0.2) is 6.29 Å². The predicted octanol–water partition coefficient (Wildman–Crippen LogP) is 2.11. The third kappa shape index (κ3) is 1.92. The quantitative estimate of drug-likeness (QED) is 0.497. The molecule has 1 aromatic heterocycles. The monoisotopic (exact) mass is 231 g/mol. The van der Waals surface area contributed by atoms with Crippen molar-refractivity contribution < 1.29 is 9.72 Å². The third-order valence-corrected chi connectivity index (χ3v) is 2.45. The van der Waals surface area contributed by atoms with Gasteiger partial charge in [0.05, 0.1) is 4.92 Å². The van der Waals surface area contributed by atoms with Crippen molar-refractivity contribution in [2.75, 3.05) is 0 Å². The molecule has 2 aromatic rings. The summed E-state index contributed by atoms with van der Waals surface area (Å²) in [6.45, 7) is 1.79. The lowest BCUT2D eigenvalue weighted by atomic mass is 10.0. The van der Waals surface area contributed by atoms with Crippen LogP contribution in [0.15, 0.2) is 24.3 Å². The summed E-state index contributed by atoms with van der Waals surface area (Å²) in [7, 11) is 0. The number of carbonyl (C=O) groups excluding carboxylic acids is 1. The molecule has 1 heterocycles. The highest BCUT2D eigenvalue weighted by molar-refractivity contribution is 5.86. The molecule has 6 heteroatoms. The van der Waals surface area contributed by atoms with Crippen molar-refractivity contribution in [1.82, 2.24) is 10.2 Å². The average Bonchev–Trinajstić information content (AvgIpc) is 2.70. The number of nitro groups is 1. The molecule has 0 amide bonds. The van der Waals surface area contributed by atoms with Gasteiger partial charge in [0, 0.05) is 23.4 Å². The molecule has 0 atom stereocenters. The van der Waals surface area contributed by atoms with E-state index in [2.05, 4.69) is 10.2 Å². The maximum Gasteiger partial charge on any atom is 0.269 e. The molecule has 1 N–H and O–H groups in total. The third-order valence-electron chi connectivity index (χ3n) is 2.45. The Labute approximate surface area is 96.4 Å². The first-order valence-electron chi connectivity index (χ1n) is 4.88. The van der Waals surface area contributed by atoms with Gasteiger partial charge in [0.25, 0.3) is 5.69 Å². The van der Waals surface area contributed by atoms with E-state index in [1.807, 2.05) is 0 Å². The lowest BCUT2D eigenvalue weighted by Gasteiger charge is -2.00. The average molecular weight is 231 g/mol. The van der Waals surface area contributed by atoms with Gasteiger partial charge in [0.1, 0.15) is 5.69 Å². The van der Waals surface area contributed by atoms with Crippen LogP contribution in [-0.4, -0.2) is 21.4 Å². The fraction of sp³-hybridized carbons (Fsp3) is 0.0909. The molecule has 86 valence electrons. The van der Waals surface area contributed by atoms with Crippen molar-refractivity contribution in [3.8, 4) is 11.1 Å². The van der Waals surface area contributed by atoms with E-state index in [9.17, 15) is 14.9 Å². The largest absolute Gasteiger partial charge is 0.296 e. The van der Waals surface area contributed by atoms with Crippen LogP contribution in [0.25, 0.3) is 11.1 Å². The van der Waals surface area contributed by atoms with Crippen LogP contribution < -0.4 is 0 Å². The second-order valence-electron chi connectivity index (χ2n) is 3.53. The normalized spacial score (nSPS) is 10.2. The highest BCUT2D eigenvalue weighted by atomic mass is 16.6. The molecule has 0 aliphatic carbocycles. The van der Waals surface area contributed by atoms with Gasteiger partial charge in [-0.3, -0.25) is 20.0 Å². The molecule has 1 aromatic carbocycles. The van der Waals surface area contributed by atoms with Gasteiger partial charge in [-0.1, -0.05) is 0 Å². The lowest BCUT2D eigenvalue weighted by Crippen LogP contribution is -1.89. The summed E-state index contributed by atoms with van der Waals surface area (Å²) in [6.07, 6.45) is 0.653. The fourth-order valence-corrected chi connectivity index (χ4v) is 1.65. The number of aryl methyl sites for hydroxylation is 1. The maximum atomic E-state index is 10.8. The summed E-state index contributed by atoms with van der Waals surface area (Å²) in [6, 6.07) is 6.00. The summed E-state index contributed by atoms with van der Waals surface area (Å²) in [5.41, 5.74) is 2.47. The molecule has 0 unspecified atom stereocenters. The van der Waals surface area contributed by atoms with E-state index in [-0.39, 0.29) is 5.69 Å². The minimum atomic E-state index is -0.466. The number of nitrogens with zero attached hydrogens (tertiary/aromatic N) is 2. The Morgan fingerprint density at radius 3 is 2.53 bits per heavy atom. The molecule has 0 aliphatic rings. The van der Waals surface area contributed by atoms with Gasteiger partial charge in [-0.05, 0) is 24.6 Å². The van der Waals surface area contributed by atoms with Crippen LogP contribution in [0.2, 0.25) is 0 Å². The zero-order chi connectivity index (χ0) is 12.4. The number of rotatable bonds is 3. The second-order valence-corrected chi connectivity index (χ2v) is 3.53. The molecule has 17 heavy (non-hydrogen) atoms. The molecule has 0 radical (unpaired) electrons. The van der Waals surface area contributed by atoms with E-state index in [0.29, 0.717) is 17.5 Å². The summed E-state index contributed by atoms with van der Waals surface area (Å²) in [5, 5.41) is 17.1. The number of hydrogen-bond donors (Lipinski definition) is 1. The van der Waals surface area contributed by atoms with Crippen LogP contribution in [0.4, 0.5) is 5.69 Å². The van der Waals surface area contributed by atoms with Crippen LogP contribution >= 0.6 is 0 Å². The molecule has 0 fully saturated rings. The zero-order valence-electron chi connectivity index (χ0n) is 9.01. The van der Waals surface area contributed by atoms with E-state index in [1.165, 1.54) is 12.1 Å². The Balaban J connectivity index is 2.49. The summed E-state index contributed by atoms with van der Waals surface area (Å²) < 4.78 is 0. The molecular weight excluding hydrogens is 222 g/mol. The SMILES string of the molecule is Cc1[nH]nc(C=O)c1-c1ccc([N+](=O)[O-])cc1. The fourth-order valence-electron chi connectivity index (χ4n) is 1.65. The highest BCUT2D eigenvalue weighted by Crippen LogP contribution is 2.26. The Morgan fingerprint density at radius 1 is 1.35 bits per heavy atom. The van der Waals surface area contributed by atoms with Crippen LogP contribution in [0, 0.1) is 17.0 Å². The maximum absolute atomic E-state index is 10.8. The summed E-state index contributed by atoms with van der Waals surface area (Å²) in [4.78, 5) is 20.9. The zero-order valence-corrected chi connectivity index (χ0v) is 9.01. The Hall–Kier alpha value is -2.50. The molecular formula is C11H9N3O3. The number of nitro benzene ring substituents is 1. The lowest BCUT2D eigenvalue weighted by molar-refractivity contribution is -0.384. The number of aromatic amines is 1. The van der Waals surface area contributed by atoms with Gasteiger partial charge >= 0.3 is 0 Å². The van der Waals surface area contributed by atoms with Crippen molar-refractivity contribution in [1.29, 1.82) is 0 Å². The van der Waals surface area contributed by atoms with Crippen LogP contribution in [0.5, 0.6) is 0 Å². The number of non-ortho nitro benzene ring substituents is 1. The van der Waals surface area contributed by atoms with E-state index in [0.717, 1.165) is 11.3 Å². The van der Waals surface area contributed by atoms with Crippen LogP contribution in [0.3, 0.4) is 0 Å². The standard InChI is InChI=1S/C11H9N3O3/c1-7-11(10(6-15)13-12-7)8-2-4-9(5-3-8)14(16)17/h2-6H,1H3,(H,12,13). The number of aldehydes is 1. The van der Waals surface area contributed by atoms with Gasteiger partial charge in [-0.25, -0.2) is 0 Å². The van der Waals surface area contributed by atoms with Gasteiger partial charge in [-0.2, -0.15) is 5.10 Å². The second kappa shape index (κ2) is 4.17. The number of aromatic nitrogens is 2. The van der Waals surface area contributed by atoms with E-state index in [4.69, 9.17) is 0 Å². The minimum absolute atomic E-state index is 0.0163. The molecule has 0 bridgehead atoms. The molecule has 0 saturated heterocycles. The summed E-state index contributed by atoms with van der Waals surface area (Å²) >= 11 is 0. The predicted molar refractivity (Wildman–Crippen MR) is 60.8 cm³/mol. The van der Waals surface area contributed by atoms with Crippen molar-refractivity contribution >= 4 is 12.0 Å². The van der Waals surface area contributed by atoms with E-state index in [1.54, 1.807) is 19.1 Å². The first-order valence-corrected chi connectivity index (χ1v) is 4.88. The van der Waals surface area contributed by atoms with Gasteiger partial charge < -0.3 is 0 Å². The highest BCUT2D eigenvalue weighted by Gasteiger charge is 2.13. The molecule has 0 aliphatic heterocycles. The van der Waals surface area contributed by atoms with Crippen LogP contribution in [0.1, 0.15) is 16.2 Å². The topological polar surface area (TPSA) is 88.9 Å². The van der Waals surface area contributed by atoms with Crippen LogP contribution in [-0.2, 0) is 0 Å². The summed E-state index contributed by atoms with van der Waals surface area (Å²) in [5.74, 6) is 0. The van der Waals surface area contributed by atoms with Gasteiger partial charge in [-0.15, -0.1) is 0 Å². The Morgan fingerprint density at radius 2 is 2.00 bits per heavy atom. The number of H-pyrrole nitrogens is 1.